The second kappa shape index (κ2) is 7.36. The van der Waals surface area contributed by atoms with Crippen LogP contribution in [0.2, 0.25) is 0 Å². The molecule has 0 aliphatic carbocycles. The van der Waals surface area contributed by atoms with Gasteiger partial charge >= 0.3 is 0 Å². The van der Waals surface area contributed by atoms with Crippen LogP contribution in [0.3, 0.4) is 0 Å². The number of halogens is 1. The highest BCUT2D eigenvalue weighted by Gasteiger charge is 2.34. The highest BCUT2D eigenvalue weighted by atomic mass is 79.9. The van der Waals surface area contributed by atoms with Crippen LogP contribution < -0.4 is 10.7 Å². The summed E-state index contributed by atoms with van der Waals surface area (Å²) in [5.41, 5.74) is 4.87. The monoisotopic (exact) mass is 437 g/mol. The van der Waals surface area contributed by atoms with Gasteiger partial charge in [0, 0.05) is 21.3 Å². The minimum absolute atomic E-state index is 0.0739. The van der Waals surface area contributed by atoms with Gasteiger partial charge < -0.3 is 10.4 Å². The lowest BCUT2D eigenvalue weighted by Crippen LogP contribution is -2.52. The Morgan fingerprint density at radius 3 is 2.54 bits per heavy atom. The van der Waals surface area contributed by atoms with Gasteiger partial charge in [-0.25, -0.2) is 5.01 Å². The zero-order valence-corrected chi connectivity index (χ0v) is 16.2. The number of carbonyl (C=O) groups is 2. The number of anilines is 1. The Morgan fingerprint density at radius 2 is 1.79 bits per heavy atom. The van der Waals surface area contributed by atoms with Crippen molar-refractivity contribution in [3.63, 3.8) is 0 Å². The molecule has 3 aromatic carbocycles. The number of rotatable bonds is 3. The normalized spacial score (nSPS) is 15.5. The van der Waals surface area contributed by atoms with E-state index in [1.165, 1.54) is 5.01 Å². The summed E-state index contributed by atoms with van der Waals surface area (Å²) in [6.45, 7) is 0. The van der Waals surface area contributed by atoms with Gasteiger partial charge in [-0.15, -0.1) is 0 Å². The quantitative estimate of drug-likeness (QED) is 0.576. The molecule has 3 aromatic rings. The highest BCUT2D eigenvalue weighted by Crippen LogP contribution is 2.33. The number of hydrogen-bond donors (Lipinski definition) is 3. The first-order valence-corrected chi connectivity index (χ1v) is 9.37. The van der Waals surface area contributed by atoms with Crippen LogP contribution in [0.15, 0.2) is 77.3 Å². The fourth-order valence-electron chi connectivity index (χ4n) is 3.07. The molecule has 1 atom stereocenters. The molecule has 0 aromatic heterocycles. The predicted molar refractivity (Wildman–Crippen MR) is 109 cm³/mol. The molecule has 2 amide bonds. The molecule has 140 valence electrons. The number of para-hydroxylation sites is 1. The van der Waals surface area contributed by atoms with E-state index in [0.29, 0.717) is 22.4 Å². The molecule has 28 heavy (non-hydrogen) atoms. The third-order valence-corrected chi connectivity index (χ3v) is 4.97. The van der Waals surface area contributed by atoms with Gasteiger partial charge in [-0.05, 0) is 48.5 Å². The number of benzene rings is 3. The molecule has 0 saturated carbocycles. The predicted octanol–water partition coefficient (Wildman–Crippen LogP) is 4.07. The Hall–Kier alpha value is -3.32. The van der Waals surface area contributed by atoms with Crippen molar-refractivity contribution in [2.75, 3.05) is 5.32 Å². The van der Waals surface area contributed by atoms with E-state index in [0.717, 1.165) is 4.47 Å². The standard InChI is InChI=1S/C21H16BrN3O3/c22-15-10-8-13(9-11-15)20(27)24-25-19(14-4-3-5-16(26)12-14)23-18-7-2-1-6-17(18)21(25)28/h1-12,19,23,26H,(H,24,27). The average Bonchev–Trinajstić information content (AvgIpc) is 2.70. The van der Waals surface area contributed by atoms with Crippen molar-refractivity contribution in [3.05, 3.63) is 94.0 Å². The van der Waals surface area contributed by atoms with E-state index >= 15 is 0 Å². The first kappa shape index (κ1) is 18.1. The largest absolute Gasteiger partial charge is 0.508 e. The zero-order chi connectivity index (χ0) is 19.7. The second-order valence-corrected chi connectivity index (χ2v) is 7.23. The summed E-state index contributed by atoms with van der Waals surface area (Å²) < 4.78 is 0.853. The molecule has 0 radical (unpaired) electrons. The summed E-state index contributed by atoms with van der Waals surface area (Å²) >= 11 is 3.34. The van der Waals surface area contributed by atoms with Crippen molar-refractivity contribution in [2.45, 2.75) is 6.17 Å². The van der Waals surface area contributed by atoms with Crippen molar-refractivity contribution in [3.8, 4) is 5.75 Å². The van der Waals surface area contributed by atoms with Crippen molar-refractivity contribution in [1.29, 1.82) is 0 Å². The third kappa shape index (κ3) is 3.44. The van der Waals surface area contributed by atoms with Gasteiger partial charge in [-0.2, -0.15) is 0 Å². The lowest BCUT2D eigenvalue weighted by Gasteiger charge is -2.37. The Balaban J connectivity index is 1.71. The first-order valence-electron chi connectivity index (χ1n) is 8.57. The molecule has 7 heteroatoms. The Morgan fingerprint density at radius 1 is 1.04 bits per heavy atom. The molecule has 4 rings (SSSR count). The fourth-order valence-corrected chi connectivity index (χ4v) is 3.34. The summed E-state index contributed by atoms with van der Waals surface area (Å²) in [6.07, 6.45) is -0.672. The van der Waals surface area contributed by atoms with Gasteiger partial charge in [-0.3, -0.25) is 15.0 Å². The summed E-state index contributed by atoms with van der Waals surface area (Å²) in [6, 6.07) is 20.5. The average molecular weight is 438 g/mol. The van der Waals surface area contributed by atoms with Crippen LogP contribution >= 0.6 is 15.9 Å². The van der Waals surface area contributed by atoms with E-state index < -0.39 is 12.1 Å². The summed E-state index contributed by atoms with van der Waals surface area (Å²) in [5, 5.41) is 14.4. The van der Waals surface area contributed by atoms with Gasteiger partial charge in [0.25, 0.3) is 11.8 Å². The molecule has 1 aliphatic rings. The maximum absolute atomic E-state index is 13.1. The maximum atomic E-state index is 13.1. The van der Waals surface area contributed by atoms with Crippen LogP contribution in [-0.2, 0) is 0 Å². The number of carbonyl (C=O) groups excluding carboxylic acids is 2. The Kier molecular flexibility index (Phi) is 4.75. The van der Waals surface area contributed by atoms with Crippen LogP contribution in [0.1, 0.15) is 32.4 Å². The van der Waals surface area contributed by atoms with Crippen molar-refractivity contribution in [2.24, 2.45) is 0 Å². The van der Waals surface area contributed by atoms with Crippen LogP contribution in [0.5, 0.6) is 5.75 Å². The molecule has 0 bridgehead atoms. The van der Waals surface area contributed by atoms with Crippen LogP contribution in [0.25, 0.3) is 0 Å². The number of amides is 2. The first-order chi connectivity index (χ1) is 13.5. The molecular weight excluding hydrogens is 422 g/mol. The number of nitrogens with one attached hydrogen (secondary N) is 2. The summed E-state index contributed by atoms with van der Waals surface area (Å²) in [7, 11) is 0. The number of phenols is 1. The highest BCUT2D eigenvalue weighted by molar-refractivity contribution is 9.10. The van der Waals surface area contributed by atoms with E-state index in [1.54, 1.807) is 66.7 Å². The van der Waals surface area contributed by atoms with Gasteiger partial charge in [0.1, 0.15) is 11.9 Å². The van der Waals surface area contributed by atoms with E-state index in [9.17, 15) is 14.7 Å². The van der Waals surface area contributed by atoms with Crippen molar-refractivity contribution < 1.29 is 14.7 Å². The minimum atomic E-state index is -0.672. The van der Waals surface area contributed by atoms with Gasteiger partial charge in [0.05, 0.1) is 5.56 Å². The van der Waals surface area contributed by atoms with E-state index in [1.807, 2.05) is 6.07 Å². The molecule has 1 unspecified atom stereocenters. The van der Waals surface area contributed by atoms with E-state index in [4.69, 9.17) is 0 Å². The fraction of sp³-hybridized carbons (Fsp3) is 0.0476. The van der Waals surface area contributed by atoms with E-state index in [-0.39, 0.29) is 11.7 Å². The lowest BCUT2D eigenvalue weighted by atomic mass is 10.0. The van der Waals surface area contributed by atoms with Crippen molar-refractivity contribution in [1.82, 2.24) is 10.4 Å². The molecule has 6 nitrogen and oxygen atoms in total. The third-order valence-electron chi connectivity index (χ3n) is 4.44. The summed E-state index contributed by atoms with van der Waals surface area (Å²) in [4.78, 5) is 25.8. The Bertz CT molecular complexity index is 1050. The molecule has 3 N–H and O–H groups in total. The SMILES string of the molecule is O=C(NN1C(=O)c2ccccc2NC1c1cccc(O)c1)c1ccc(Br)cc1. The number of fused-ring (bicyclic) bond motifs is 1. The molecular formula is C21H16BrN3O3. The molecule has 0 fully saturated rings. The van der Waals surface area contributed by atoms with Crippen LogP contribution in [0.4, 0.5) is 5.69 Å². The van der Waals surface area contributed by atoms with E-state index in [2.05, 4.69) is 26.7 Å². The van der Waals surface area contributed by atoms with Crippen molar-refractivity contribution >= 4 is 33.4 Å². The molecule has 1 heterocycles. The summed E-state index contributed by atoms with van der Waals surface area (Å²) in [5.74, 6) is -0.676. The number of nitrogens with zero attached hydrogens (tertiary/aromatic N) is 1. The maximum Gasteiger partial charge on any atom is 0.276 e. The van der Waals surface area contributed by atoms with Gasteiger partial charge in [-0.1, -0.05) is 40.2 Å². The lowest BCUT2D eigenvalue weighted by molar-refractivity contribution is 0.0490. The van der Waals surface area contributed by atoms with Gasteiger partial charge in [0.2, 0.25) is 0 Å². The molecule has 0 spiro atoms. The number of hydrogen-bond acceptors (Lipinski definition) is 4. The number of phenolic OH excluding ortho intramolecular Hbond substituents is 1. The number of hydrazine groups is 1. The smallest absolute Gasteiger partial charge is 0.276 e. The van der Waals surface area contributed by atoms with Crippen LogP contribution in [0, 0.1) is 0 Å². The number of aromatic hydroxyl groups is 1. The molecule has 1 aliphatic heterocycles. The topological polar surface area (TPSA) is 81.7 Å². The van der Waals surface area contributed by atoms with Gasteiger partial charge in [0.15, 0.2) is 0 Å². The second-order valence-electron chi connectivity index (χ2n) is 6.31. The Labute approximate surface area is 169 Å². The zero-order valence-electron chi connectivity index (χ0n) is 14.6. The van der Waals surface area contributed by atoms with Crippen LogP contribution in [-0.4, -0.2) is 21.9 Å². The minimum Gasteiger partial charge on any atom is -0.508 e. The molecule has 0 saturated heterocycles.